The normalized spacial score (nSPS) is 16.5. The minimum atomic E-state index is -0.333. The number of esters is 1. The second-order valence-corrected chi connectivity index (χ2v) is 4.55. The van der Waals surface area contributed by atoms with Crippen LogP contribution in [-0.4, -0.2) is 44.2 Å². The molecular formula is C13H21ClN2O3. The van der Waals surface area contributed by atoms with Gasteiger partial charge in [0.25, 0.3) is 0 Å². The molecule has 0 spiro atoms. The van der Waals surface area contributed by atoms with Crippen LogP contribution in [0.2, 0.25) is 0 Å². The number of methoxy groups -OCH3 is 1. The molecule has 1 aromatic rings. The summed E-state index contributed by atoms with van der Waals surface area (Å²) in [5.74, 6) is 1.12. The third-order valence-corrected chi connectivity index (χ3v) is 3.19. The van der Waals surface area contributed by atoms with Gasteiger partial charge in [-0.3, -0.25) is 4.90 Å². The number of furan rings is 1. The summed E-state index contributed by atoms with van der Waals surface area (Å²) in [5.41, 5.74) is 0.528. The number of carbonyl (C=O) groups excluding carboxylic acids is 1. The van der Waals surface area contributed by atoms with E-state index >= 15 is 0 Å². The SMILES string of the molecule is COC(=O)c1cc(CN2CCCNCC2)oc1C.Cl. The molecule has 0 atom stereocenters. The monoisotopic (exact) mass is 288 g/mol. The van der Waals surface area contributed by atoms with E-state index in [4.69, 9.17) is 9.15 Å². The maximum atomic E-state index is 11.5. The number of aryl methyl sites for hydroxylation is 1. The van der Waals surface area contributed by atoms with Crippen LogP contribution in [0.3, 0.4) is 0 Å². The zero-order valence-electron chi connectivity index (χ0n) is 11.4. The lowest BCUT2D eigenvalue weighted by Crippen LogP contribution is -2.27. The standard InChI is InChI=1S/C13H20N2O3.ClH/c1-10-12(13(16)17-2)8-11(18-10)9-15-6-3-4-14-5-7-15;/h8,14H,3-7,9H2,1-2H3;1H. The number of carbonyl (C=O) groups is 1. The molecular weight excluding hydrogens is 268 g/mol. The molecule has 0 radical (unpaired) electrons. The first-order chi connectivity index (χ1) is 8.70. The summed E-state index contributed by atoms with van der Waals surface area (Å²) >= 11 is 0. The Kier molecular flexibility index (Phi) is 6.34. The topological polar surface area (TPSA) is 54.7 Å². The first-order valence-electron chi connectivity index (χ1n) is 6.31. The van der Waals surface area contributed by atoms with Crippen molar-refractivity contribution in [3.8, 4) is 0 Å². The Morgan fingerprint density at radius 2 is 2.26 bits per heavy atom. The average molecular weight is 289 g/mol. The fourth-order valence-electron chi connectivity index (χ4n) is 2.21. The van der Waals surface area contributed by atoms with Crippen molar-refractivity contribution in [1.82, 2.24) is 10.2 Å². The van der Waals surface area contributed by atoms with E-state index in [1.54, 1.807) is 13.0 Å². The molecule has 0 amide bonds. The molecule has 2 heterocycles. The van der Waals surface area contributed by atoms with Crippen molar-refractivity contribution in [3.05, 3.63) is 23.2 Å². The van der Waals surface area contributed by atoms with Crippen LogP contribution in [0.4, 0.5) is 0 Å². The van der Waals surface area contributed by atoms with Gasteiger partial charge in [-0.2, -0.15) is 0 Å². The molecule has 1 N–H and O–H groups in total. The van der Waals surface area contributed by atoms with E-state index in [1.807, 2.05) is 0 Å². The zero-order chi connectivity index (χ0) is 13.0. The molecule has 0 aromatic carbocycles. The molecule has 0 bridgehead atoms. The Morgan fingerprint density at radius 1 is 1.47 bits per heavy atom. The van der Waals surface area contributed by atoms with E-state index in [0.717, 1.165) is 44.9 Å². The molecule has 1 aliphatic heterocycles. The summed E-state index contributed by atoms with van der Waals surface area (Å²) in [6, 6.07) is 1.79. The van der Waals surface area contributed by atoms with Crippen LogP contribution in [0.15, 0.2) is 10.5 Å². The second-order valence-electron chi connectivity index (χ2n) is 4.55. The molecule has 1 aliphatic rings. The molecule has 1 fully saturated rings. The largest absolute Gasteiger partial charge is 0.465 e. The van der Waals surface area contributed by atoms with Crippen molar-refractivity contribution in [1.29, 1.82) is 0 Å². The van der Waals surface area contributed by atoms with Crippen LogP contribution in [0.1, 0.15) is 28.3 Å². The molecule has 6 heteroatoms. The minimum absolute atomic E-state index is 0. The number of nitrogens with one attached hydrogen (secondary N) is 1. The molecule has 108 valence electrons. The summed E-state index contributed by atoms with van der Waals surface area (Å²) in [4.78, 5) is 13.8. The number of hydrogen-bond donors (Lipinski definition) is 1. The lowest BCUT2D eigenvalue weighted by atomic mass is 10.2. The predicted octanol–water partition coefficient (Wildman–Crippen LogP) is 1.59. The highest BCUT2D eigenvalue weighted by Crippen LogP contribution is 2.17. The van der Waals surface area contributed by atoms with E-state index in [9.17, 15) is 4.79 Å². The molecule has 0 aliphatic carbocycles. The van der Waals surface area contributed by atoms with Gasteiger partial charge in [0, 0.05) is 13.1 Å². The van der Waals surface area contributed by atoms with Crippen LogP contribution < -0.4 is 5.32 Å². The number of ether oxygens (including phenoxy) is 1. The fraction of sp³-hybridized carbons (Fsp3) is 0.615. The van der Waals surface area contributed by atoms with Crippen LogP contribution in [0, 0.1) is 6.92 Å². The molecule has 1 aromatic heterocycles. The molecule has 1 saturated heterocycles. The highest BCUT2D eigenvalue weighted by atomic mass is 35.5. The van der Waals surface area contributed by atoms with Gasteiger partial charge in [-0.05, 0) is 32.5 Å². The summed E-state index contributed by atoms with van der Waals surface area (Å²) in [6.45, 7) is 6.68. The molecule has 2 rings (SSSR count). The second kappa shape index (κ2) is 7.53. The first kappa shape index (κ1) is 16.0. The number of rotatable bonds is 3. The van der Waals surface area contributed by atoms with Gasteiger partial charge in [-0.1, -0.05) is 0 Å². The Morgan fingerprint density at radius 3 is 3.00 bits per heavy atom. The van der Waals surface area contributed by atoms with Crippen LogP contribution in [0.5, 0.6) is 0 Å². The van der Waals surface area contributed by atoms with E-state index in [2.05, 4.69) is 10.2 Å². The molecule has 0 unspecified atom stereocenters. The maximum absolute atomic E-state index is 11.5. The van der Waals surface area contributed by atoms with E-state index in [-0.39, 0.29) is 18.4 Å². The summed E-state index contributed by atoms with van der Waals surface area (Å²) in [5, 5.41) is 3.36. The van der Waals surface area contributed by atoms with Crippen molar-refractivity contribution < 1.29 is 13.9 Å². The van der Waals surface area contributed by atoms with Crippen molar-refractivity contribution in [2.45, 2.75) is 19.9 Å². The van der Waals surface area contributed by atoms with E-state index in [0.29, 0.717) is 11.3 Å². The average Bonchev–Trinajstić information content (AvgIpc) is 2.57. The fourth-order valence-corrected chi connectivity index (χ4v) is 2.21. The van der Waals surface area contributed by atoms with Crippen LogP contribution in [0.25, 0.3) is 0 Å². The van der Waals surface area contributed by atoms with Gasteiger partial charge < -0.3 is 14.5 Å². The van der Waals surface area contributed by atoms with Gasteiger partial charge in [0.1, 0.15) is 17.1 Å². The van der Waals surface area contributed by atoms with Gasteiger partial charge in [0.05, 0.1) is 13.7 Å². The molecule has 0 saturated carbocycles. The Hall–Kier alpha value is -1.04. The van der Waals surface area contributed by atoms with Gasteiger partial charge >= 0.3 is 5.97 Å². The van der Waals surface area contributed by atoms with Crippen LogP contribution in [-0.2, 0) is 11.3 Å². The van der Waals surface area contributed by atoms with Gasteiger partial charge in [-0.25, -0.2) is 4.79 Å². The van der Waals surface area contributed by atoms with Crippen molar-refractivity contribution in [3.63, 3.8) is 0 Å². The third-order valence-electron chi connectivity index (χ3n) is 3.19. The first-order valence-corrected chi connectivity index (χ1v) is 6.31. The predicted molar refractivity (Wildman–Crippen MR) is 74.8 cm³/mol. The Balaban J connectivity index is 0.00000180. The zero-order valence-corrected chi connectivity index (χ0v) is 12.2. The maximum Gasteiger partial charge on any atom is 0.341 e. The smallest absolute Gasteiger partial charge is 0.341 e. The summed E-state index contributed by atoms with van der Waals surface area (Å²) < 4.78 is 10.3. The van der Waals surface area contributed by atoms with Crippen molar-refractivity contribution in [2.24, 2.45) is 0 Å². The number of hydrogen-bond acceptors (Lipinski definition) is 5. The third kappa shape index (κ3) is 4.23. The summed E-state index contributed by atoms with van der Waals surface area (Å²) in [7, 11) is 1.38. The Bertz CT molecular complexity index is 412. The van der Waals surface area contributed by atoms with Gasteiger partial charge in [0.15, 0.2) is 0 Å². The lowest BCUT2D eigenvalue weighted by molar-refractivity contribution is 0.0599. The van der Waals surface area contributed by atoms with Gasteiger partial charge in [-0.15, -0.1) is 12.4 Å². The Labute approximate surface area is 119 Å². The van der Waals surface area contributed by atoms with E-state index < -0.39 is 0 Å². The van der Waals surface area contributed by atoms with Crippen LogP contribution >= 0.6 is 12.4 Å². The number of nitrogens with zero attached hydrogens (tertiary/aromatic N) is 1. The quantitative estimate of drug-likeness (QED) is 0.856. The minimum Gasteiger partial charge on any atom is -0.465 e. The van der Waals surface area contributed by atoms with E-state index in [1.165, 1.54) is 7.11 Å². The highest BCUT2D eigenvalue weighted by molar-refractivity contribution is 5.90. The highest BCUT2D eigenvalue weighted by Gasteiger charge is 2.17. The molecule has 5 nitrogen and oxygen atoms in total. The molecule has 19 heavy (non-hydrogen) atoms. The van der Waals surface area contributed by atoms with Gasteiger partial charge in [0.2, 0.25) is 0 Å². The summed E-state index contributed by atoms with van der Waals surface area (Å²) in [6.07, 6.45) is 1.14. The van der Waals surface area contributed by atoms with Crippen molar-refractivity contribution in [2.75, 3.05) is 33.3 Å². The lowest BCUT2D eigenvalue weighted by Gasteiger charge is -2.17. The number of halogens is 1. The van der Waals surface area contributed by atoms with Crippen molar-refractivity contribution >= 4 is 18.4 Å².